The van der Waals surface area contributed by atoms with E-state index in [0.29, 0.717) is 22.7 Å². The number of nitrogens with one attached hydrogen (secondary N) is 1. The van der Waals surface area contributed by atoms with Crippen molar-refractivity contribution in [3.63, 3.8) is 0 Å². The first-order valence-corrected chi connectivity index (χ1v) is 6.54. The summed E-state index contributed by atoms with van der Waals surface area (Å²) in [7, 11) is 1.50. The summed E-state index contributed by atoms with van der Waals surface area (Å²) in [6, 6.07) is 9.51. The van der Waals surface area contributed by atoms with Crippen molar-refractivity contribution < 1.29 is 14.6 Å². The zero-order valence-electron chi connectivity index (χ0n) is 10.7. The quantitative estimate of drug-likeness (QED) is 0.594. The number of hydrogen-bond donors (Lipinski definition) is 3. The van der Waals surface area contributed by atoms with Crippen LogP contribution < -0.4 is 15.8 Å². The Balaban J connectivity index is 2.21. The van der Waals surface area contributed by atoms with E-state index in [4.69, 9.17) is 10.5 Å². The summed E-state index contributed by atoms with van der Waals surface area (Å²) in [5.74, 6) is 0.0841. The minimum Gasteiger partial charge on any atom is -0.506 e. The smallest absolute Gasteiger partial charge is 0.255 e. The van der Waals surface area contributed by atoms with Crippen molar-refractivity contribution in [1.29, 1.82) is 0 Å². The van der Waals surface area contributed by atoms with Gasteiger partial charge in [0.15, 0.2) is 0 Å². The van der Waals surface area contributed by atoms with Gasteiger partial charge in [0, 0.05) is 21.8 Å². The molecule has 0 fully saturated rings. The molecular weight excluding hydrogens is 324 g/mol. The van der Waals surface area contributed by atoms with E-state index >= 15 is 0 Å². The number of amides is 1. The van der Waals surface area contributed by atoms with Crippen LogP contribution in [-0.2, 0) is 0 Å². The number of nitrogens with two attached hydrogens (primary N) is 1. The molecular formula is C14H13BrN2O3. The summed E-state index contributed by atoms with van der Waals surface area (Å²) >= 11 is 3.26. The van der Waals surface area contributed by atoms with Gasteiger partial charge in [0.05, 0.1) is 12.8 Å². The normalized spacial score (nSPS) is 10.1. The minimum atomic E-state index is -0.357. The zero-order valence-corrected chi connectivity index (χ0v) is 12.3. The highest BCUT2D eigenvalue weighted by atomic mass is 79.9. The Bertz CT molecular complexity index is 659. The molecule has 0 aliphatic heterocycles. The predicted octanol–water partition coefficient (Wildman–Crippen LogP) is 3.00. The maximum atomic E-state index is 12.1. The highest BCUT2D eigenvalue weighted by molar-refractivity contribution is 9.10. The topological polar surface area (TPSA) is 84.6 Å². The van der Waals surface area contributed by atoms with Crippen molar-refractivity contribution >= 4 is 33.2 Å². The number of nitrogen functional groups attached to an aromatic ring is 1. The zero-order chi connectivity index (χ0) is 14.7. The van der Waals surface area contributed by atoms with Crippen molar-refractivity contribution in [2.45, 2.75) is 0 Å². The minimum absolute atomic E-state index is 0.0669. The van der Waals surface area contributed by atoms with Crippen LogP contribution in [0, 0.1) is 0 Å². The van der Waals surface area contributed by atoms with E-state index in [1.807, 2.05) is 0 Å². The van der Waals surface area contributed by atoms with Crippen LogP contribution in [0.5, 0.6) is 11.5 Å². The maximum Gasteiger partial charge on any atom is 0.255 e. The monoisotopic (exact) mass is 336 g/mol. The van der Waals surface area contributed by atoms with E-state index in [2.05, 4.69) is 21.2 Å². The molecule has 0 saturated heterocycles. The van der Waals surface area contributed by atoms with E-state index < -0.39 is 0 Å². The molecule has 5 nitrogen and oxygen atoms in total. The second-order valence-corrected chi connectivity index (χ2v) is 4.93. The summed E-state index contributed by atoms with van der Waals surface area (Å²) in [5, 5.41) is 12.4. The third-order valence-electron chi connectivity index (χ3n) is 2.71. The lowest BCUT2D eigenvalue weighted by Gasteiger charge is -2.09. The molecule has 20 heavy (non-hydrogen) atoms. The Labute approximate surface area is 124 Å². The van der Waals surface area contributed by atoms with Gasteiger partial charge < -0.3 is 20.9 Å². The first kappa shape index (κ1) is 14.2. The van der Waals surface area contributed by atoms with E-state index in [9.17, 15) is 9.90 Å². The molecule has 1 amide bonds. The number of hydrogen-bond acceptors (Lipinski definition) is 4. The fourth-order valence-corrected chi connectivity index (χ4v) is 1.87. The molecule has 0 saturated carbocycles. The number of ether oxygens (including phenoxy) is 1. The van der Waals surface area contributed by atoms with Crippen molar-refractivity contribution in [2.75, 3.05) is 18.2 Å². The van der Waals surface area contributed by atoms with Crippen LogP contribution in [0.2, 0.25) is 0 Å². The molecule has 0 heterocycles. The maximum absolute atomic E-state index is 12.1. The number of halogens is 1. The van der Waals surface area contributed by atoms with Crippen molar-refractivity contribution in [2.24, 2.45) is 0 Å². The van der Waals surface area contributed by atoms with Crippen molar-refractivity contribution in [3.8, 4) is 11.5 Å². The van der Waals surface area contributed by atoms with Crippen LogP contribution >= 0.6 is 15.9 Å². The number of phenols is 1. The van der Waals surface area contributed by atoms with E-state index in [1.165, 1.54) is 13.2 Å². The molecule has 0 bridgehead atoms. The molecule has 0 aliphatic rings. The van der Waals surface area contributed by atoms with Crippen LogP contribution in [0.1, 0.15) is 10.4 Å². The average Bonchev–Trinajstić information content (AvgIpc) is 2.43. The van der Waals surface area contributed by atoms with Gasteiger partial charge in [-0.15, -0.1) is 0 Å². The third kappa shape index (κ3) is 3.03. The molecule has 0 atom stereocenters. The molecule has 6 heteroatoms. The Morgan fingerprint density at radius 1 is 1.30 bits per heavy atom. The fraction of sp³-hybridized carbons (Fsp3) is 0.0714. The number of methoxy groups -OCH3 is 1. The van der Waals surface area contributed by atoms with E-state index in [1.54, 1.807) is 30.3 Å². The summed E-state index contributed by atoms with van der Waals surface area (Å²) in [6.07, 6.45) is 0. The van der Waals surface area contributed by atoms with Gasteiger partial charge in [0.1, 0.15) is 11.5 Å². The first-order chi connectivity index (χ1) is 9.51. The third-order valence-corrected chi connectivity index (χ3v) is 3.43. The van der Waals surface area contributed by atoms with Gasteiger partial charge in [0.25, 0.3) is 5.91 Å². The average molecular weight is 337 g/mol. The summed E-state index contributed by atoms with van der Waals surface area (Å²) < 4.78 is 5.70. The lowest BCUT2D eigenvalue weighted by molar-refractivity contribution is 0.102. The largest absolute Gasteiger partial charge is 0.506 e. The molecule has 2 rings (SSSR count). The Morgan fingerprint density at radius 2 is 2.05 bits per heavy atom. The molecule has 0 radical (unpaired) electrons. The molecule has 2 aromatic carbocycles. The van der Waals surface area contributed by atoms with Gasteiger partial charge in [-0.1, -0.05) is 0 Å². The standard InChI is InChI=1S/C14H13BrN2O3/c1-20-9-3-5-12(13(18)7-9)17-14(19)8-2-4-10(15)11(16)6-8/h2-7,18H,16H2,1H3,(H,17,19). The number of aromatic hydroxyl groups is 1. The van der Waals surface area contributed by atoms with Crippen LogP contribution in [0.3, 0.4) is 0 Å². The molecule has 2 aromatic rings. The highest BCUT2D eigenvalue weighted by Gasteiger charge is 2.10. The van der Waals surface area contributed by atoms with Crippen LogP contribution in [0.4, 0.5) is 11.4 Å². The fourth-order valence-electron chi connectivity index (χ4n) is 1.62. The Morgan fingerprint density at radius 3 is 2.65 bits per heavy atom. The second-order valence-electron chi connectivity index (χ2n) is 4.07. The van der Waals surface area contributed by atoms with Crippen molar-refractivity contribution in [1.82, 2.24) is 0 Å². The molecule has 0 aliphatic carbocycles. The molecule has 0 spiro atoms. The molecule has 4 N–H and O–H groups in total. The summed E-state index contributed by atoms with van der Waals surface area (Å²) in [5.41, 5.74) is 6.90. The highest BCUT2D eigenvalue weighted by Crippen LogP contribution is 2.28. The van der Waals surface area contributed by atoms with Crippen molar-refractivity contribution in [3.05, 3.63) is 46.4 Å². The number of phenolic OH excluding ortho intramolecular Hbond substituents is 1. The Hall–Kier alpha value is -2.21. The van der Waals surface area contributed by atoms with Gasteiger partial charge in [0.2, 0.25) is 0 Å². The van der Waals surface area contributed by atoms with Gasteiger partial charge in [-0.2, -0.15) is 0 Å². The Kier molecular flexibility index (Phi) is 4.14. The second kappa shape index (κ2) is 5.83. The van der Waals surface area contributed by atoms with Gasteiger partial charge in [-0.05, 0) is 46.3 Å². The van der Waals surface area contributed by atoms with Crippen LogP contribution in [-0.4, -0.2) is 18.1 Å². The number of anilines is 2. The van der Waals surface area contributed by atoms with Crippen LogP contribution in [0.15, 0.2) is 40.9 Å². The lowest BCUT2D eigenvalue weighted by Crippen LogP contribution is -2.12. The molecule has 0 aromatic heterocycles. The predicted molar refractivity (Wildman–Crippen MR) is 81.2 cm³/mol. The van der Waals surface area contributed by atoms with Gasteiger partial charge >= 0.3 is 0 Å². The SMILES string of the molecule is COc1ccc(NC(=O)c2ccc(Br)c(N)c2)c(O)c1. The molecule has 0 unspecified atom stereocenters. The lowest BCUT2D eigenvalue weighted by atomic mass is 10.2. The van der Waals surface area contributed by atoms with E-state index in [-0.39, 0.29) is 11.7 Å². The molecule has 104 valence electrons. The first-order valence-electron chi connectivity index (χ1n) is 5.74. The number of rotatable bonds is 3. The van der Waals surface area contributed by atoms with Crippen LogP contribution in [0.25, 0.3) is 0 Å². The number of carbonyl (C=O) groups excluding carboxylic acids is 1. The number of carbonyl (C=O) groups is 1. The number of benzene rings is 2. The summed E-state index contributed by atoms with van der Waals surface area (Å²) in [6.45, 7) is 0. The van der Waals surface area contributed by atoms with Gasteiger partial charge in [-0.3, -0.25) is 4.79 Å². The summed E-state index contributed by atoms with van der Waals surface area (Å²) in [4.78, 5) is 12.1. The van der Waals surface area contributed by atoms with E-state index in [0.717, 1.165) is 4.47 Å². The van der Waals surface area contributed by atoms with Gasteiger partial charge in [-0.25, -0.2) is 0 Å².